The highest BCUT2D eigenvalue weighted by Gasteiger charge is 2.25. The molecular formula is C28H29N5O4S2. The van der Waals surface area contributed by atoms with Crippen LogP contribution in [0.25, 0.3) is 10.2 Å². The predicted molar refractivity (Wildman–Crippen MR) is 151 cm³/mol. The minimum Gasteiger partial charge on any atom is -0.497 e. The van der Waals surface area contributed by atoms with Crippen molar-refractivity contribution in [3.63, 3.8) is 0 Å². The summed E-state index contributed by atoms with van der Waals surface area (Å²) < 4.78 is 36.1. The summed E-state index contributed by atoms with van der Waals surface area (Å²) in [4.78, 5) is 19.2. The van der Waals surface area contributed by atoms with Crippen LogP contribution >= 0.6 is 11.3 Å². The van der Waals surface area contributed by atoms with Crippen LogP contribution in [0.5, 0.6) is 5.75 Å². The van der Waals surface area contributed by atoms with Gasteiger partial charge in [0.15, 0.2) is 0 Å². The molecule has 0 saturated carbocycles. The van der Waals surface area contributed by atoms with E-state index in [1.54, 1.807) is 43.5 Å². The zero-order chi connectivity index (χ0) is 28.0. The van der Waals surface area contributed by atoms with Gasteiger partial charge in [-0.2, -0.15) is 5.26 Å². The number of amides is 1. The van der Waals surface area contributed by atoms with Crippen molar-refractivity contribution < 1.29 is 17.9 Å². The zero-order valence-corrected chi connectivity index (χ0v) is 23.5. The average molecular weight is 564 g/mol. The lowest BCUT2D eigenvalue weighted by atomic mass is 10.0. The fraction of sp³-hybridized carbons (Fsp3) is 0.250. The minimum absolute atomic E-state index is 0.0266. The van der Waals surface area contributed by atoms with E-state index in [1.807, 2.05) is 37.2 Å². The molecule has 9 nitrogen and oxygen atoms in total. The number of ether oxygens (including phenoxy) is 1. The summed E-state index contributed by atoms with van der Waals surface area (Å²) in [5, 5.41) is 12.7. The highest BCUT2D eigenvalue weighted by atomic mass is 32.2. The van der Waals surface area contributed by atoms with Gasteiger partial charge in [-0.05, 0) is 74.6 Å². The molecule has 4 rings (SSSR count). The number of likely N-dealkylation sites (N-methyl/N-ethyl adjacent to an activating group) is 1. The Kier molecular flexibility index (Phi) is 8.93. The molecule has 1 atom stereocenters. The van der Waals surface area contributed by atoms with E-state index >= 15 is 0 Å². The van der Waals surface area contributed by atoms with Gasteiger partial charge in [0, 0.05) is 18.7 Å². The van der Waals surface area contributed by atoms with E-state index in [2.05, 4.69) is 16.1 Å². The Morgan fingerprint density at radius 3 is 2.67 bits per heavy atom. The third-order valence-electron chi connectivity index (χ3n) is 5.95. The number of methoxy groups -OCH3 is 1. The van der Waals surface area contributed by atoms with Crippen molar-refractivity contribution in [1.82, 2.24) is 19.9 Å². The van der Waals surface area contributed by atoms with E-state index in [0.29, 0.717) is 29.4 Å². The van der Waals surface area contributed by atoms with Crippen LogP contribution in [0.2, 0.25) is 0 Å². The smallest absolute Gasteiger partial charge is 0.251 e. The van der Waals surface area contributed by atoms with E-state index in [0.717, 1.165) is 15.8 Å². The predicted octanol–water partition coefficient (Wildman–Crippen LogP) is 3.73. The molecule has 1 aromatic heterocycles. The van der Waals surface area contributed by atoms with Crippen LogP contribution < -0.4 is 14.8 Å². The topological polar surface area (TPSA) is 124 Å². The van der Waals surface area contributed by atoms with Gasteiger partial charge >= 0.3 is 0 Å². The first kappa shape index (κ1) is 28.2. The molecule has 0 bridgehead atoms. The number of nitriles is 1. The monoisotopic (exact) mass is 563 g/mol. The van der Waals surface area contributed by atoms with Crippen molar-refractivity contribution in [1.29, 1.82) is 5.26 Å². The number of nitrogens with one attached hydrogen (secondary N) is 2. The standard InChI is InChI=1S/C28H29N5O4S2/c1-33(2)13-12-30-27(34)21-8-5-9-23(16-21)39(35,36)32-25(15-19-6-4-7-20(14-19)18-29)28-31-24-11-10-22(37-3)17-26(24)38-28/h4-11,14,16-17,25,32H,12-13,15H2,1-3H3,(H,30,34). The number of fused-ring (bicyclic) bond motifs is 1. The van der Waals surface area contributed by atoms with Crippen molar-refractivity contribution in [2.75, 3.05) is 34.3 Å². The summed E-state index contributed by atoms with van der Waals surface area (Å²) in [6.07, 6.45) is 0.274. The van der Waals surface area contributed by atoms with Crippen LogP contribution in [0.3, 0.4) is 0 Å². The van der Waals surface area contributed by atoms with Gasteiger partial charge in [0.2, 0.25) is 10.0 Å². The number of carbonyl (C=O) groups is 1. The number of hydrogen-bond acceptors (Lipinski definition) is 8. The van der Waals surface area contributed by atoms with Gasteiger partial charge in [0.1, 0.15) is 10.8 Å². The molecule has 0 fully saturated rings. The van der Waals surface area contributed by atoms with Gasteiger partial charge in [0.25, 0.3) is 5.91 Å². The molecule has 39 heavy (non-hydrogen) atoms. The molecule has 0 aliphatic rings. The van der Waals surface area contributed by atoms with Gasteiger partial charge in [-0.3, -0.25) is 4.79 Å². The number of benzene rings is 3. The molecule has 1 amide bonds. The highest BCUT2D eigenvalue weighted by Crippen LogP contribution is 2.32. The first-order chi connectivity index (χ1) is 18.7. The molecular weight excluding hydrogens is 534 g/mol. The molecule has 0 saturated heterocycles. The van der Waals surface area contributed by atoms with E-state index in [1.165, 1.54) is 23.5 Å². The van der Waals surface area contributed by atoms with Gasteiger partial charge in [-0.15, -0.1) is 11.3 Å². The fourth-order valence-corrected chi connectivity index (χ4v) is 6.30. The molecule has 4 aromatic rings. The molecule has 1 heterocycles. The highest BCUT2D eigenvalue weighted by molar-refractivity contribution is 7.89. The number of rotatable bonds is 11. The molecule has 0 aliphatic heterocycles. The fourth-order valence-electron chi connectivity index (χ4n) is 3.94. The second-order valence-corrected chi connectivity index (χ2v) is 11.9. The van der Waals surface area contributed by atoms with Crippen LogP contribution in [0.4, 0.5) is 0 Å². The third-order valence-corrected chi connectivity index (χ3v) is 8.56. The molecule has 0 aliphatic carbocycles. The lowest BCUT2D eigenvalue weighted by Crippen LogP contribution is -2.32. The van der Waals surface area contributed by atoms with Crippen LogP contribution in [0.15, 0.2) is 71.6 Å². The zero-order valence-electron chi connectivity index (χ0n) is 21.8. The molecule has 2 N–H and O–H groups in total. The number of thiazole rings is 1. The van der Waals surface area contributed by atoms with Gasteiger partial charge < -0.3 is 15.0 Å². The lowest BCUT2D eigenvalue weighted by molar-refractivity contribution is 0.0951. The van der Waals surface area contributed by atoms with Crippen molar-refractivity contribution in [3.05, 3.63) is 88.4 Å². The average Bonchev–Trinajstić information content (AvgIpc) is 3.36. The maximum Gasteiger partial charge on any atom is 0.251 e. The molecule has 0 radical (unpaired) electrons. The van der Waals surface area contributed by atoms with Gasteiger partial charge in [-0.1, -0.05) is 18.2 Å². The Balaban J connectivity index is 1.65. The molecule has 202 valence electrons. The Hall–Kier alpha value is -3.82. The normalized spacial score (nSPS) is 12.3. The van der Waals surface area contributed by atoms with E-state index in [-0.39, 0.29) is 22.8 Å². The van der Waals surface area contributed by atoms with E-state index in [4.69, 9.17) is 9.72 Å². The molecule has 0 spiro atoms. The van der Waals surface area contributed by atoms with Crippen LogP contribution in [-0.2, 0) is 16.4 Å². The van der Waals surface area contributed by atoms with Crippen LogP contribution in [-0.4, -0.2) is 58.5 Å². The number of aromatic nitrogens is 1. The Morgan fingerprint density at radius 1 is 1.13 bits per heavy atom. The van der Waals surface area contributed by atoms with Gasteiger partial charge in [-0.25, -0.2) is 18.1 Å². The number of hydrogen-bond donors (Lipinski definition) is 2. The van der Waals surface area contributed by atoms with Crippen LogP contribution in [0.1, 0.15) is 32.5 Å². The summed E-state index contributed by atoms with van der Waals surface area (Å²) in [6, 6.07) is 19.9. The molecule has 1 unspecified atom stereocenters. The number of sulfonamides is 1. The van der Waals surface area contributed by atoms with Crippen molar-refractivity contribution in [3.8, 4) is 11.8 Å². The number of carbonyl (C=O) groups excluding carboxylic acids is 1. The second kappa shape index (κ2) is 12.4. The summed E-state index contributed by atoms with van der Waals surface area (Å²) >= 11 is 1.37. The SMILES string of the molecule is COc1ccc2nc(C(Cc3cccc(C#N)c3)NS(=O)(=O)c3cccc(C(=O)NCCN(C)C)c3)sc2c1. The molecule has 11 heteroatoms. The summed E-state index contributed by atoms with van der Waals surface area (Å²) in [5.74, 6) is 0.330. The summed E-state index contributed by atoms with van der Waals surface area (Å²) in [5.41, 5.74) is 2.24. The maximum absolute atomic E-state index is 13.6. The maximum atomic E-state index is 13.6. The quantitative estimate of drug-likeness (QED) is 0.285. The third kappa shape index (κ3) is 7.19. The van der Waals surface area contributed by atoms with Crippen molar-refractivity contribution in [2.45, 2.75) is 17.4 Å². The van der Waals surface area contributed by atoms with E-state index in [9.17, 15) is 18.5 Å². The van der Waals surface area contributed by atoms with Crippen molar-refractivity contribution >= 4 is 37.5 Å². The summed E-state index contributed by atoms with van der Waals surface area (Å²) in [7, 11) is 1.34. The first-order valence-corrected chi connectivity index (χ1v) is 14.5. The van der Waals surface area contributed by atoms with Crippen LogP contribution in [0, 0.1) is 11.3 Å². The lowest BCUT2D eigenvalue weighted by Gasteiger charge is -2.17. The Labute approximate surface area is 232 Å². The Morgan fingerprint density at radius 2 is 1.92 bits per heavy atom. The summed E-state index contributed by atoms with van der Waals surface area (Å²) in [6.45, 7) is 1.10. The largest absolute Gasteiger partial charge is 0.497 e. The Bertz CT molecular complexity index is 1630. The molecule has 3 aromatic carbocycles. The number of nitrogens with zero attached hydrogens (tertiary/aromatic N) is 3. The van der Waals surface area contributed by atoms with E-state index < -0.39 is 16.1 Å². The minimum atomic E-state index is -4.04. The first-order valence-electron chi connectivity index (χ1n) is 12.2. The van der Waals surface area contributed by atoms with Gasteiger partial charge in [0.05, 0.1) is 39.9 Å². The van der Waals surface area contributed by atoms with Crippen molar-refractivity contribution in [2.24, 2.45) is 0 Å². The second-order valence-electron chi connectivity index (χ2n) is 9.16.